The minimum absolute atomic E-state index is 0.00513. The summed E-state index contributed by atoms with van der Waals surface area (Å²) in [5.74, 6) is -0.110. The van der Waals surface area contributed by atoms with E-state index in [2.05, 4.69) is 29.8 Å². The Morgan fingerprint density at radius 3 is 2.33 bits per heavy atom. The van der Waals surface area contributed by atoms with Crippen LogP contribution in [-0.4, -0.2) is 30.9 Å². The number of amides is 2. The van der Waals surface area contributed by atoms with Gasteiger partial charge in [-0.1, -0.05) is 20.8 Å². The molecule has 1 rings (SSSR count). The van der Waals surface area contributed by atoms with Crippen LogP contribution in [-0.2, 0) is 4.79 Å². The van der Waals surface area contributed by atoms with Crippen LogP contribution in [0.5, 0.6) is 0 Å². The highest BCUT2D eigenvalue weighted by Gasteiger charge is 2.06. The maximum Gasteiger partial charge on any atom is 0.251 e. The van der Waals surface area contributed by atoms with Crippen LogP contribution in [0.3, 0.4) is 0 Å². The molecule has 0 unspecified atom stereocenters. The zero-order valence-corrected chi connectivity index (χ0v) is 13.0. The first kappa shape index (κ1) is 17.2. The molecule has 1 aromatic carbocycles. The Bertz CT molecular complexity index is 455. The molecule has 0 bridgehead atoms. The zero-order valence-electron chi connectivity index (χ0n) is 13.0. The van der Waals surface area contributed by atoms with Crippen molar-refractivity contribution in [3.05, 3.63) is 29.8 Å². The van der Waals surface area contributed by atoms with Gasteiger partial charge in [0.2, 0.25) is 5.91 Å². The molecule has 0 atom stereocenters. The average molecular weight is 291 g/mol. The minimum atomic E-state index is -0.105. The number of rotatable bonds is 8. The fourth-order valence-electron chi connectivity index (χ4n) is 1.79. The number of benzene rings is 1. The Morgan fingerprint density at radius 1 is 1.10 bits per heavy atom. The van der Waals surface area contributed by atoms with Crippen LogP contribution in [0.25, 0.3) is 0 Å². The summed E-state index contributed by atoms with van der Waals surface area (Å²) in [5.41, 5.74) is 1.31. The van der Waals surface area contributed by atoms with Crippen molar-refractivity contribution in [3.63, 3.8) is 0 Å². The van der Waals surface area contributed by atoms with Gasteiger partial charge >= 0.3 is 0 Å². The van der Waals surface area contributed by atoms with E-state index in [9.17, 15) is 9.59 Å². The molecule has 116 valence electrons. The summed E-state index contributed by atoms with van der Waals surface area (Å²) in [6.07, 6.45) is 1.32. The normalized spacial score (nSPS) is 10.5. The van der Waals surface area contributed by atoms with Crippen molar-refractivity contribution in [1.29, 1.82) is 0 Å². The molecule has 0 aliphatic rings. The van der Waals surface area contributed by atoms with Gasteiger partial charge in [0.25, 0.3) is 5.91 Å². The lowest BCUT2D eigenvalue weighted by Gasteiger charge is -2.09. The van der Waals surface area contributed by atoms with Gasteiger partial charge in [-0.15, -0.1) is 0 Å². The van der Waals surface area contributed by atoms with Crippen LogP contribution < -0.4 is 16.0 Å². The Morgan fingerprint density at radius 2 is 1.76 bits per heavy atom. The first-order chi connectivity index (χ1) is 10.0. The van der Waals surface area contributed by atoms with E-state index in [1.54, 1.807) is 24.3 Å². The third kappa shape index (κ3) is 6.90. The Kier molecular flexibility index (Phi) is 7.46. The molecule has 0 aromatic heterocycles. The molecular weight excluding hydrogens is 266 g/mol. The second-order valence-electron chi connectivity index (χ2n) is 5.24. The number of carbonyl (C=O) groups is 2. The summed E-state index contributed by atoms with van der Waals surface area (Å²) in [6, 6.07) is 7.33. The largest absolute Gasteiger partial charge is 0.351 e. The molecule has 0 aliphatic heterocycles. The van der Waals surface area contributed by atoms with Crippen LogP contribution in [0.2, 0.25) is 0 Å². The van der Waals surface area contributed by atoms with Crippen LogP contribution in [0.15, 0.2) is 24.3 Å². The fourth-order valence-corrected chi connectivity index (χ4v) is 1.79. The lowest BCUT2D eigenvalue weighted by atomic mass is 10.2. The summed E-state index contributed by atoms with van der Waals surface area (Å²) in [5, 5.41) is 8.87. The zero-order chi connectivity index (χ0) is 15.7. The lowest BCUT2D eigenvalue weighted by Crippen LogP contribution is -2.34. The highest BCUT2D eigenvalue weighted by Crippen LogP contribution is 2.10. The van der Waals surface area contributed by atoms with Crippen molar-refractivity contribution in [2.45, 2.75) is 39.7 Å². The first-order valence-electron chi connectivity index (χ1n) is 7.44. The Balaban J connectivity index is 2.42. The van der Waals surface area contributed by atoms with E-state index in [4.69, 9.17) is 0 Å². The number of nitrogens with one attached hydrogen (secondary N) is 3. The van der Waals surface area contributed by atoms with Crippen molar-refractivity contribution in [2.24, 2.45) is 0 Å². The van der Waals surface area contributed by atoms with Gasteiger partial charge < -0.3 is 16.0 Å². The number of hydrogen-bond donors (Lipinski definition) is 3. The van der Waals surface area contributed by atoms with E-state index in [1.165, 1.54) is 0 Å². The second-order valence-corrected chi connectivity index (χ2v) is 5.24. The van der Waals surface area contributed by atoms with Gasteiger partial charge in [0.1, 0.15) is 0 Å². The second kappa shape index (κ2) is 9.13. The fraction of sp³-hybridized carbons (Fsp3) is 0.500. The summed E-state index contributed by atoms with van der Waals surface area (Å²) >= 11 is 0. The van der Waals surface area contributed by atoms with Crippen LogP contribution in [0, 0.1) is 0 Å². The van der Waals surface area contributed by atoms with E-state index in [0.717, 1.165) is 13.0 Å². The standard InChI is InChI=1S/C16H25N3O2/c1-4-5-15(20)19-14-8-6-13(7-9-14)16(21)18-11-10-17-12(2)3/h6-9,12,17H,4-5,10-11H2,1-3H3,(H,18,21)(H,19,20). The summed E-state index contributed by atoms with van der Waals surface area (Å²) in [7, 11) is 0. The van der Waals surface area contributed by atoms with Crippen molar-refractivity contribution >= 4 is 17.5 Å². The Labute approximate surface area is 126 Å². The first-order valence-corrected chi connectivity index (χ1v) is 7.44. The molecular formula is C16H25N3O2. The van der Waals surface area contributed by atoms with Gasteiger partial charge in [-0.2, -0.15) is 0 Å². The van der Waals surface area contributed by atoms with Gasteiger partial charge in [-0.25, -0.2) is 0 Å². The molecule has 1 aromatic rings. The number of hydrogen-bond acceptors (Lipinski definition) is 3. The van der Waals surface area contributed by atoms with Crippen molar-refractivity contribution < 1.29 is 9.59 Å². The molecule has 5 heteroatoms. The predicted octanol–water partition coefficient (Wildman–Crippen LogP) is 2.15. The topological polar surface area (TPSA) is 70.2 Å². The quantitative estimate of drug-likeness (QED) is 0.643. The molecule has 2 amide bonds. The third-order valence-electron chi connectivity index (χ3n) is 2.87. The van der Waals surface area contributed by atoms with E-state index < -0.39 is 0 Å². The molecule has 5 nitrogen and oxygen atoms in total. The Hall–Kier alpha value is -1.88. The number of anilines is 1. The summed E-state index contributed by atoms with van der Waals surface area (Å²) in [4.78, 5) is 23.4. The van der Waals surface area contributed by atoms with Crippen LogP contribution in [0.1, 0.15) is 44.0 Å². The molecule has 21 heavy (non-hydrogen) atoms. The van der Waals surface area contributed by atoms with Crippen LogP contribution in [0.4, 0.5) is 5.69 Å². The van der Waals surface area contributed by atoms with E-state index in [1.807, 2.05) is 6.92 Å². The van der Waals surface area contributed by atoms with E-state index in [0.29, 0.717) is 30.3 Å². The monoisotopic (exact) mass is 291 g/mol. The van der Waals surface area contributed by atoms with Crippen LogP contribution >= 0.6 is 0 Å². The number of carbonyl (C=O) groups excluding carboxylic acids is 2. The van der Waals surface area contributed by atoms with E-state index in [-0.39, 0.29) is 11.8 Å². The van der Waals surface area contributed by atoms with Gasteiger partial charge in [0, 0.05) is 36.8 Å². The smallest absolute Gasteiger partial charge is 0.251 e. The highest BCUT2D eigenvalue weighted by molar-refractivity contribution is 5.95. The highest BCUT2D eigenvalue weighted by atomic mass is 16.2. The molecule has 0 radical (unpaired) electrons. The molecule has 0 fully saturated rings. The van der Waals surface area contributed by atoms with Gasteiger partial charge in [-0.3, -0.25) is 9.59 Å². The van der Waals surface area contributed by atoms with Gasteiger partial charge in [-0.05, 0) is 30.7 Å². The molecule has 0 heterocycles. The summed E-state index contributed by atoms with van der Waals surface area (Å²) < 4.78 is 0. The molecule has 3 N–H and O–H groups in total. The molecule has 0 saturated heterocycles. The maximum atomic E-state index is 11.9. The van der Waals surface area contributed by atoms with E-state index >= 15 is 0 Å². The SMILES string of the molecule is CCCC(=O)Nc1ccc(C(=O)NCCNC(C)C)cc1. The molecule has 0 saturated carbocycles. The maximum absolute atomic E-state index is 11.9. The van der Waals surface area contributed by atoms with Gasteiger partial charge in [0.05, 0.1) is 0 Å². The minimum Gasteiger partial charge on any atom is -0.351 e. The van der Waals surface area contributed by atoms with Crippen molar-refractivity contribution in [2.75, 3.05) is 18.4 Å². The molecule has 0 aliphatic carbocycles. The van der Waals surface area contributed by atoms with Crippen molar-refractivity contribution in [1.82, 2.24) is 10.6 Å². The van der Waals surface area contributed by atoms with Crippen molar-refractivity contribution in [3.8, 4) is 0 Å². The lowest BCUT2D eigenvalue weighted by molar-refractivity contribution is -0.116. The van der Waals surface area contributed by atoms with Gasteiger partial charge in [0.15, 0.2) is 0 Å². The predicted molar refractivity (Wildman–Crippen MR) is 85.5 cm³/mol. The average Bonchev–Trinajstić information content (AvgIpc) is 2.44. The molecule has 0 spiro atoms. The third-order valence-corrected chi connectivity index (χ3v) is 2.87. The summed E-state index contributed by atoms with van der Waals surface area (Å²) in [6.45, 7) is 7.42.